The topological polar surface area (TPSA) is 29.5 Å². The SMILES string of the molecule is C=CC(=O)N1CC(Oc2cccc(-c3cccc(C)c3)c2)C1. The van der Waals surface area contributed by atoms with E-state index in [9.17, 15) is 4.79 Å². The summed E-state index contributed by atoms with van der Waals surface area (Å²) in [6.07, 6.45) is 1.41. The molecule has 0 saturated carbocycles. The summed E-state index contributed by atoms with van der Waals surface area (Å²) in [6, 6.07) is 16.5. The average Bonchev–Trinajstić information content (AvgIpc) is 2.50. The fourth-order valence-corrected chi connectivity index (χ4v) is 2.59. The highest BCUT2D eigenvalue weighted by atomic mass is 16.5. The molecule has 3 nitrogen and oxygen atoms in total. The molecule has 0 atom stereocenters. The van der Waals surface area contributed by atoms with Crippen LogP contribution in [0.5, 0.6) is 5.75 Å². The summed E-state index contributed by atoms with van der Waals surface area (Å²) >= 11 is 0. The minimum atomic E-state index is -0.0339. The highest BCUT2D eigenvalue weighted by molar-refractivity contribution is 5.87. The number of likely N-dealkylation sites (tertiary alicyclic amines) is 1. The largest absolute Gasteiger partial charge is 0.487 e. The van der Waals surface area contributed by atoms with Gasteiger partial charge in [0.2, 0.25) is 5.91 Å². The van der Waals surface area contributed by atoms with Crippen molar-refractivity contribution >= 4 is 5.91 Å². The number of ether oxygens (including phenoxy) is 1. The van der Waals surface area contributed by atoms with Crippen molar-refractivity contribution < 1.29 is 9.53 Å². The number of amides is 1. The number of aryl methyl sites for hydroxylation is 1. The number of carbonyl (C=O) groups is 1. The number of carbonyl (C=O) groups excluding carboxylic acids is 1. The van der Waals surface area contributed by atoms with Crippen molar-refractivity contribution in [3.63, 3.8) is 0 Å². The van der Waals surface area contributed by atoms with Crippen molar-refractivity contribution in [1.82, 2.24) is 4.90 Å². The second kappa shape index (κ2) is 6.06. The van der Waals surface area contributed by atoms with Crippen molar-refractivity contribution in [2.45, 2.75) is 13.0 Å². The first kappa shape index (κ1) is 14.4. The molecular weight excluding hydrogens is 274 g/mol. The Morgan fingerprint density at radius 1 is 1.18 bits per heavy atom. The first-order chi connectivity index (χ1) is 10.7. The fourth-order valence-electron chi connectivity index (χ4n) is 2.59. The smallest absolute Gasteiger partial charge is 0.246 e. The van der Waals surface area contributed by atoms with Crippen molar-refractivity contribution in [2.75, 3.05) is 13.1 Å². The van der Waals surface area contributed by atoms with E-state index < -0.39 is 0 Å². The molecule has 2 aromatic rings. The van der Waals surface area contributed by atoms with E-state index in [2.05, 4.69) is 43.8 Å². The zero-order valence-electron chi connectivity index (χ0n) is 12.7. The van der Waals surface area contributed by atoms with Gasteiger partial charge in [-0.25, -0.2) is 0 Å². The summed E-state index contributed by atoms with van der Waals surface area (Å²) in [5.41, 5.74) is 3.56. The van der Waals surface area contributed by atoms with E-state index in [4.69, 9.17) is 4.74 Å². The van der Waals surface area contributed by atoms with E-state index in [1.807, 2.05) is 18.2 Å². The van der Waals surface area contributed by atoms with Crippen LogP contribution in [0.2, 0.25) is 0 Å². The molecule has 0 radical (unpaired) electrons. The molecule has 112 valence electrons. The van der Waals surface area contributed by atoms with Gasteiger partial charge in [0, 0.05) is 0 Å². The first-order valence-corrected chi connectivity index (χ1v) is 7.41. The monoisotopic (exact) mass is 293 g/mol. The van der Waals surface area contributed by atoms with E-state index in [0.717, 1.165) is 11.3 Å². The van der Waals surface area contributed by atoms with Gasteiger partial charge in [-0.1, -0.05) is 48.5 Å². The summed E-state index contributed by atoms with van der Waals surface area (Å²) in [7, 11) is 0. The van der Waals surface area contributed by atoms with Crippen LogP contribution in [0.3, 0.4) is 0 Å². The minimum absolute atomic E-state index is 0.0339. The van der Waals surface area contributed by atoms with Gasteiger partial charge in [-0.15, -0.1) is 0 Å². The molecular formula is C19H19NO2. The van der Waals surface area contributed by atoms with Crippen molar-refractivity contribution in [3.8, 4) is 16.9 Å². The van der Waals surface area contributed by atoms with Crippen molar-refractivity contribution in [2.24, 2.45) is 0 Å². The Balaban J connectivity index is 1.68. The van der Waals surface area contributed by atoms with Crippen LogP contribution in [-0.4, -0.2) is 30.0 Å². The van der Waals surface area contributed by atoms with Crippen LogP contribution >= 0.6 is 0 Å². The first-order valence-electron chi connectivity index (χ1n) is 7.41. The van der Waals surface area contributed by atoms with Crippen LogP contribution in [0.25, 0.3) is 11.1 Å². The Kier molecular flexibility index (Phi) is 3.96. The molecule has 0 aliphatic carbocycles. The van der Waals surface area contributed by atoms with Crippen LogP contribution in [0.1, 0.15) is 5.56 Å². The zero-order valence-corrected chi connectivity index (χ0v) is 12.7. The van der Waals surface area contributed by atoms with Crippen LogP contribution in [-0.2, 0) is 4.79 Å². The minimum Gasteiger partial charge on any atom is -0.487 e. The number of rotatable bonds is 4. The number of benzene rings is 2. The fraction of sp³-hybridized carbons (Fsp3) is 0.211. The molecule has 0 N–H and O–H groups in total. The molecule has 2 aromatic carbocycles. The molecule has 22 heavy (non-hydrogen) atoms. The van der Waals surface area contributed by atoms with Gasteiger partial charge in [-0.2, -0.15) is 0 Å². The van der Waals surface area contributed by atoms with Crippen LogP contribution < -0.4 is 4.74 Å². The highest BCUT2D eigenvalue weighted by Gasteiger charge is 2.30. The molecule has 1 fully saturated rings. The lowest BCUT2D eigenvalue weighted by Crippen LogP contribution is -2.55. The number of hydrogen-bond acceptors (Lipinski definition) is 2. The summed E-state index contributed by atoms with van der Waals surface area (Å²) in [6.45, 7) is 6.83. The third kappa shape index (κ3) is 3.03. The van der Waals surface area contributed by atoms with Crippen LogP contribution in [0, 0.1) is 6.92 Å². The van der Waals surface area contributed by atoms with Gasteiger partial charge in [0.05, 0.1) is 13.1 Å². The molecule has 1 saturated heterocycles. The molecule has 0 bridgehead atoms. The van der Waals surface area contributed by atoms with Gasteiger partial charge in [0.15, 0.2) is 0 Å². The van der Waals surface area contributed by atoms with E-state index in [1.165, 1.54) is 17.2 Å². The second-order valence-corrected chi connectivity index (χ2v) is 5.58. The Morgan fingerprint density at radius 2 is 1.86 bits per heavy atom. The predicted molar refractivity (Wildman–Crippen MR) is 87.8 cm³/mol. The van der Waals surface area contributed by atoms with E-state index in [0.29, 0.717) is 13.1 Å². The van der Waals surface area contributed by atoms with E-state index in [-0.39, 0.29) is 12.0 Å². The lowest BCUT2D eigenvalue weighted by atomic mass is 10.0. The van der Waals surface area contributed by atoms with Gasteiger partial charge in [-0.05, 0) is 36.3 Å². The highest BCUT2D eigenvalue weighted by Crippen LogP contribution is 2.26. The summed E-state index contributed by atoms with van der Waals surface area (Å²) in [5.74, 6) is 0.808. The molecule has 3 heteroatoms. The molecule has 1 aliphatic heterocycles. The van der Waals surface area contributed by atoms with Gasteiger partial charge in [0.1, 0.15) is 11.9 Å². The molecule has 1 heterocycles. The third-order valence-electron chi connectivity index (χ3n) is 3.82. The number of nitrogens with zero attached hydrogens (tertiary/aromatic N) is 1. The molecule has 0 unspecified atom stereocenters. The molecule has 3 rings (SSSR count). The van der Waals surface area contributed by atoms with Crippen molar-refractivity contribution in [3.05, 3.63) is 66.7 Å². The van der Waals surface area contributed by atoms with Crippen LogP contribution in [0.4, 0.5) is 0 Å². The Bertz CT molecular complexity index is 702. The Morgan fingerprint density at radius 3 is 2.55 bits per heavy atom. The Labute approximate surface area is 130 Å². The van der Waals surface area contributed by atoms with Gasteiger partial charge in [-0.3, -0.25) is 4.79 Å². The van der Waals surface area contributed by atoms with Crippen molar-refractivity contribution in [1.29, 1.82) is 0 Å². The maximum Gasteiger partial charge on any atom is 0.246 e. The van der Waals surface area contributed by atoms with Gasteiger partial charge < -0.3 is 9.64 Å². The maximum absolute atomic E-state index is 11.4. The van der Waals surface area contributed by atoms with Crippen LogP contribution in [0.15, 0.2) is 61.2 Å². The quantitative estimate of drug-likeness (QED) is 0.808. The standard InChI is InChI=1S/C19H19NO2/c1-3-19(21)20-12-18(13-20)22-17-9-5-8-16(11-17)15-7-4-6-14(2)10-15/h3-11,18H,1,12-13H2,2H3. The zero-order chi connectivity index (χ0) is 15.5. The predicted octanol–water partition coefficient (Wildman–Crippen LogP) is 3.44. The third-order valence-corrected chi connectivity index (χ3v) is 3.82. The summed E-state index contributed by atoms with van der Waals surface area (Å²) in [4.78, 5) is 13.1. The molecule has 0 aromatic heterocycles. The molecule has 1 amide bonds. The Hall–Kier alpha value is -2.55. The van der Waals surface area contributed by atoms with E-state index in [1.54, 1.807) is 4.90 Å². The van der Waals surface area contributed by atoms with E-state index >= 15 is 0 Å². The molecule has 1 aliphatic rings. The lowest BCUT2D eigenvalue weighted by Gasteiger charge is -2.38. The summed E-state index contributed by atoms with van der Waals surface area (Å²) in [5, 5.41) is 0. The number of hydrogen-bond donors (Lipinski definition) is 0. The maximum atomic E-state index is 11.4. The lowest BCUT2D eigenvalue weighted by molar-refractivity contribution is -0.134. The summed E-state index contributed by atoms with van der Waals surface area (Å²) < 4.78 is 5.94. The van der Waals surface area contributed by atoms with Gasteiger partial charge >= 0.3 is 0 Å². The second-order valence-electron chi connectivity index (χ2n) is 5.58. The normalized spacial score (nSPS) is 14.3. The van der Waals surface area contributed by atoms with Gasteiger partial charge in [0.25, 0.3) is 0 Å². The molecule has 0 spiro atoms. The average molecular weight is 293 g/mol.